The van der Waals surface area contributed by atoms with Gasteiger partial charge in [-0.05, 0) is 25.7 Å². The maximum Gasteiger partial charge on any atom is 0.258 e. The van der Waals surface area contributed by atoms with Gasteiger partial charge in [-0.15, -0.1) is 4.13 Å². The summed E-state index contributed by atoms with van der Waals surface area (Å²) >= 11 is 0. The zero-order valence-corrected chi connectivity index (χ0v) is 14.5. The summed E-state index contributed by atoms with van der Waals surface area (Å²) in [4.78, 5) is -0.248. The number of aryl methyl sites for hydroxylation is 2. The Hall–Kier alpha value is -0.970. The fraction of sp³-hybridized carbons (Fsp3) is 0.750. The molecule has 126 valence electrons. The molecule has 2 heterocycles. The van der Waals surface area contributed by atoms with Crippen LogP contribution in [0.25, 0.3) is 0 Å². The standard InChI is InChI=1S/C12H20N2O6S2/c1-8-11(9(2)20-13-8)22(17,18)14-21(15,16)7-10-12(3,4)5-6-19-10/h10,14H,5-7H2,1-4H3. The highest BCUT2D eigenvalue weighted by molar-refractivity contribution is 8.04. The van der Waals surface area contributed by atoms with Gasteiger partial charge in [-0.2, -0.15) is 0 Å². The van der Waals surface area contributed by atoms with E-state index in [-0.39, 0.29) is 21.8 Å². The van der Waals surface area contributed by atoms with Crippen LogP contribution in [0.15, 0.2) is 9.42 Å². The molecule has 1 aliphatic rings. The third-order valence-corrected chi connectivity index (χ3v) is 7.54. The molecule has 0 radical (unpaired) electrons. The van der Waals surface area contributed by atoms with Crippen molar-refractivity contribution in [3.05, 3.63) is 11.5 Å². The maximum atomic E-state index is 12.3. The molecule has 1 aromatic heterocycles. The van der Waals surface area contributed by atoms with Gasteiger partial charge < -0.3 is 9.26 Å². The third kappa shape index (κ3) is 3.50. The fourth-order valence-corrected chi connectivity index (χ4v) is 6.16. The second-order valence-corrected chi connectivity index (χ2v) is 9.76. The van der Waals surface area contributed by atoms with Gasteiger partial charge in [0.05, 0.1) is 11.9 Å². The van der Waals surface area contributed by atoms with Crippen LogP contribution in [0.1, 0.15) is 31.7 Å². The van der Waals surface area contributed by atoms with E-state index in [2.05, 4.69) is 5.16 Å². The van der Waals surface area contributed by atoms with Gasteiger partial charge in [0.25, 0.3) is 10.0 Å². The Morgan fingerprint density at radius 3 is 2.36 bits per heavy atom. The highest BCUT2D eigenvalue weighted by Gasteiger charge is 2.40. The Kier molecular flexibility index (Phi) is 4.42. The van der Waals surface area contributed by atoms with Crippen molar-refractivity contribution in [3.63, 3.8) is 0 Å². The summed E-state index contributed by atoms with van der Waals surface area (Å²) in [5, 5.41) is 3.53. The molecule has 1 saturated heterocycles. The predicted octanol–water partition coefficient (Wildman–Crippen LogP) is 0.715. The highest BCUT2D eigenvalue weighted by atomic mass is 32.3. The number of ether oxygens (including phenoxy) is 1. The maximum absolute atomic E-state index is 12.3. The van der Waals surface area contributed by atoms with E-state index >= 15 is 0 Å². The quantitative estimate of drug-likeness (QED) is 0.830. The molecule has 8 nitrogen and oxygen atoms in total. The molecule has 10 heteroatoms. The van der Waals surface area contributed by atoms with E-state index in [1.54, 1.807) is 4.13 Å². The first-order valence-corrected chi connectivity index (χ1v) is 9.89. The van der Waals surface area contributed by atoms with Gasteiger partial charge in [-0.1, -0.05) is 19.0 Å². The molecule has 2 rings (SSSR count). The molecule has 1 N–H and O–H groups in total. The first kappa shape index (κ1) is 17.4. The van der Waals surface area contributed by atoms with Crippen molar-refractivity contribution >= 4 is 20.0 Å². The van der Waals surface area contributed by atoms with Crippen LogP contribution in [0, 0.1) is 19.3 Å². The average Bonchev–Trinajstić information content (AvgIpc) is 2.81. The molecule has 0 bridgehead atoms. The smallest absolute Gasteiger partial charge is 0.258 e. The van der Waals surface area contributed by atoms with E-state index in [4.69, 9.17) is 9.26 Å². The highest BCUT2D eigenvalue weighted by Crippen LogP contribution is 2.34. The molecule has 0 aliphatic carbocycles. The van der Waals surface area contributed by atoms with Crippen LogP contribution >= 0.6 is 0 Å². The molecule has 0 spiro atoms. The third-order valence-electron chi connectivity index (χ3n) is 3.78. The lowest BCUT2D eigenvalue weighted by atomic mass is 9.87. The summed E-state index contributed by atoms with van der Waals surface area (Å²) < 4.78 is 60.8. The van der Waals surface area contributed by atoms with Gasteiger partial charge in [-0.3, -0.25) is 0 Å². The fourth-order valence-electron chi connectivity index (χ4n) is 2.42. The van der Waals surface area contributed by atoms with Gasteiger partial charge in [0.2, 0.25) is 10.0 Å². The molecule has 1 fully saturated rings. The Morgan fingerprint density at radius 1 is 1.27 bits per heavy atom. The minimum absolute atomic E-state index is 0.0395. The first-order valence-electron chi connectivity index (χ1n) is 6.75. The monoisotopic (exact) mass is 352 g/mol. The lowest BCUT2D eigenvalue weighted by Gasteiger charge is -2.24. The van der Waals surface area contributed by atoms with Crippen molar-refractivity contribution in [1.29, 1.82) is 0 Å². The Labute approximate surface area is 130 Å². The van der Waals surface area contributed by atoms with Gasteiger partial charge >= 0.3 is 0 Å². The number of nitrogens with one attached hydrogen (secondary N) is 1. The number of hydrogen-bond acceptors (Lipinski definition) is 7. The van der Waals surface area contributed by atoms with Crippen LogP contribution < -0.4 is 4.13 Å². The molecule has 1 aliphatic heterocycles. The van der Waals surface area contributed by atoms with E-state index in [0.717, 1.165) is 6.42 Å². The van der Waals surface area contributed by atoms with Crippen molar-refractivity contribution < 1.29 is 26.1 Å². The van der Waals surface area contributed by atoms with Crippen LogP contribution in [0.4, 0.5) is 0 Å². The first-order chi connectivity index (χ1) is 9.95. The van der Waals surface area contributed by atoms with Gasteiger partial charge in [0, 0.05) is 6.61 Å². The molecule has 1 unspecified atom stereocenters. The number of hydrogen-bond donors (Lipinski definition) is 1. The zero-order valence-electron chi connectivity index (χ0n) is 12.9. The summed E-state index contributed by atoms with van der Waals surface area (Å²) in [6, 6.07) is 0. The van der Waals surface area contributed by atoms with Crippen molar-refractivity contribution in [3.8, 4) is 0 Å². The summed E-state index contributed by atoms with van der Waals surface area (Å²) in [5.41, 5.74) is -0.209. The van der Waals surface area contributed by atoms with E-state index in [9.17, 15) is 16.8 Å². The second kappa shape index (κ2) is 5.59. The van der Waals surface area contributed by atoms with Gasteiger partial charge in [0.1, 0.15) is 10.6 Å². The molecule has 0 saturated carbocycles. The molecular formula is C12H20N2O6S2. The van der Waals surface area contributed by atoms with E-state index in [0.29, 0.717) is 6.61 Å². The van der Waals surface area contributed by atoms with Gasteiger partial charge in [0.15, 0.2) is 5.76 Å². The van der Waals surface area contributed by atoms with Crippen LogP contribution in [0.5, 0.6) is 0 Å². The summed E-state index contributed by atoms with van der Waals surface area (Å²) in [5.74, 6) is -0.375. The van der Waals surface area contributed by atoms with Crippen LogP contribution in [-0.4, -0.2) is 40.5 Å². The molecular weight excluding hydrogens is 332 g/mol. The van der Waals surface area contributed by atoms with E-state index in [1.165, 1.54) is 13.8 Å². The Bertz CT molecular complexity index is 744. The van der Waals surface area contributed by atoms with Crippen LogP contribution in [0.3, 0.4) is 0 Å². The van der Waals surface area contributed by atoms with Crippen molar-refractivity contribution in [1.82, 2.24) is 9.28 Å². The molecule has 1 atom stereocenters. The minimum atomic E-state index is -4.26. The summed E-state index contributed by atoms with van der Waals surface area (Å²) in [6.45, 7) is 7.08. The predicted molar refractivity (Wildman–Crippen MR) is 78.2 cm³/mol. The normalized spacial score (nSPS) is 22.1. The lowest BCUT2D eigenvalue weighted by Crippen LogP contribution is -2.40. The summed E-state index contributed by atoms with van der Waals surface area (Å²) in [6.07, 6.45) is 0.175. The van der Waals surface area contributed by atoms with Crippen LogP contribution in [-0.2, 0) is 24.8 Å². The van der Waals surface area contributed by atoms with Crippen molar-refractivity contribution in [2.45, 2.75) is 45.1 Å². The zero-order chi connectivity index (χ0) is 16.8. The van der Waals surface area contributed by atoms with Gasteiger partial charge in [-0.25, -0.2) is 16.8 Å². The van der Waals surface area contributed by atoms with Crippen LogP contribution in [0.2, 0.25) is 0 Å². The lowest BCUT2D eigenvalue weighted by molar-refractivity contribution is 0.0821. The number of rotatable bonds is 5. The molecule has 0 aromatic carbocycles. The minimum Gasteiger partial charge on any atom is -0.377 e. The Balaban J connectivity index is 2.22. The summed E-state index contributed by atoms with van der Waals surface area (Å²) in [7, 11) is -8.35. The molecule has 22 heavy (non-hydrogen) atoms. The van der Waals surface area contributed by atoms with E-state index < -0.39 is 31.9 Å². The second-order valence-electron chi connectivity index (χ2n) is 6.12. The number of aromatic nitrogens is 1. The molecule has 0 amide bonds. The number of sulfonamides is 2. The average molecular weight is 352 g/mol. The van der Waals surface area contributed by atoms with Crippen molar-refractivity contribution in [2.75, 3.05) is 12.4 Å². The van der Waals surface area contributed by atoms with Crippen molar-refractivity contribution in [2.24, 2.45) is 5.41 Å². The SMILES string of the molecule is Cc1noc(C)c1S(=O)(=O)NS(=O)(=O)CC1OCCC1(C)C. The largest absolute Gasteiger partial charge is 0.377 e. The molecule has 1 aromatic rings. The topological polar surface area (TPSA) is 116 Å². The number of nitrogens with zero attached hydrogens (tertiary/aromatic N) is 1. The Morgan fingerprint density at radius 2 is 1.91 bits per heavy atom. The van der Waals surface area contributed by atoms with E-state index in [1.807, 2.05) is 13.8 Å².